The summed E-state index contributed by atoms with van der Waals surface area (Å²) in [6, 6.07) is 0.00951. The largest absolute Gasteiger partial charge is 0.380 e. The van der Waals surface area contributed by atoms with Crippen LogP contribution in [0.2, 0.25) is 0 Å². The summed E-state index contributed by atoms with van der Waals surface area (Å²) in [5.74, 6) is -0.153. The van der Waals surface area contributed by atoms with Gasteiger partial charge in [0.05, 0.1) is 12.1 Å². The van der Waals surface area contributed by atoms with E-state index in [4.69, 9.17) is 10.5 Å². The van der Waals surface area contributed by atoms with Crippen LogP contribution >= 0.6 is 0 Å². The van der Waals surface area contributed by atoms with Crippen LogP contribution in [0.15, 0.2) is 0 Å². The summed E-state index contributed by atoms with van der Waals surface area (Å²) in [5.41, 5.74) is 4.78. The summed E-state index contributed by atoms with van der Waals surface area (Å²) in [7, 11) is 0. The smallest absolute Gasteiger partial charge is 0.239 e. The van der Waals surface area contributed by atoms with Gasteiger partial charge >= 0.3 is 0 Å². The zero-order valence-corrected chi connectivity index (χ0v) is 8.89. The van der Waals surface area contributed by atoms with Crippen LogP contribution in [0.25, 0.3) is 0 Å². The SMILES string of the molecule is CCOCC(C)NC(=O)C(C)(C)N. The van der Waals surface area contributed by atoms with E-state index in [0.29, 0.717) is 13.2 Å². The Morgan fingerprint density at radius 3 is 2.54 bits per heavy atom. The molecule has 78 valence electrons. The molecule has 0 spiro atoms. The van der Waals surface area contributed by atoms with E-state index >= 15 is 0 Å². The first kappa shape index (κ1) is 12.4. The van der Waals surface area contributed by atoms with Gasteiger partial charge in [0.25, 0.3) is 0 Å². The highest BCUT2D eigenvalue weighted by atomic mass is 16.5. The average molecular weight is 188 g/mol. The van der Waals surface area contributed by atoms with Crippen LogP contribution in [0.3, 0.4) is 0 Å². The fourth-order valence-corrected chi connectivity index (χ4v) is 0.746. The Morgan fingerprint density at radius 2 is 2.15 bits per heavy atom. The van der Waals surface area contributed by atoms with Crippen LogP contribution in [0.4, 0.5) is 0 Å². The number of nitrogens with one attached hydrogen (secondary N) is 1. The van der Waals surface area contributed by atoms with Crippen molar-refractivity contribution in [2.24, 2.45) is 5.73 Å². The second kappa shape index (κ2) is 5.19. The Kier molecular flexibility index (Phi) is 4.95. The molecule has 0 heterocycles. The Labute approximate surface area is 79.8 Å². The number of ether oxygens (including phenoxy) is 1. The lowest BCUT2D eigenvalue weighted by Gasteiger charge is -2.21. The van der Waals surface area contributed by atoms with Crippen LogP contribution in [0, 0.1) is 0 Å². The standard InChI is InChI=1S/C9H20N2O2/c1-5-13-6-7(2)11-8(12)9(3,4)10/h7H,5-6,10H2,1-4H3,(H,11,12). The third-order valence-corrected chi connectivity index (χ3v) is 1.53. The fraction of sp³-hybridized carbons (Fsp3) is 0.889. The highest BCUT2D eigenvalue weighted by Gasteiger charge is 2.22. The van der Waals surface area contributed by atoms with E-state index in [9.17, 15) is 4.79 Å². The van der Waals surface area contributed by atoms with E-state index in [0.717, 1.165) is 0 Å². The predicted molar refractivity (Wildman–Crippen MR) is 52.4 cm³/mol. The maximum absolute atomic E-state index is 11.3. The fourth-order valence-electron chi connectivity index (χ4n) is 0.746. The van der Waals surface area contributed by atoms with E-state index in [1.54, 1.807) is 13.8 Å². The maximum Gasteiger partial charge on any atom is 0.239 e. The predicted octanol–water partition coefficient (Wildman–Crippen LogP) is 0.265. The highest BCUT2D eigenvalue weighted by molar-refractivity contribution is 5.85. The molecule has 3 N–H and O–H groups in total. The van der Waals surface area contributed by atoms with Crippen molar-refractivity contribution in [2.75, 3.05) is 13.2 Å². The average Bonchev–Trinajstić information content (AvgIpc) is 1.99. The van der Waals surface area contributed by atoms with Crippen molar-refractivity contribution >= 4 is 5.91 Å². The molecule has 0 aromatic carbocycles. The molecule has 1 atom stereocenters. The van der Waals surface area contributed by atoms with Gasteiger partial charge < -0.3 is 15.8 Å². The number of carbonyl (C=O) groups excluding carboxylic acids is 1. The van der Waals surface area contributed by atoms with Gasteiger partial charge in [0, 0.05) is 12.6 Å². The molecular formula is C9H20N2O2. The van der Waals surface area contributed by atoms with Crippen molar-refractivity contribution in [3.8, 4) is 0 Å². The van der Waals surface area contributed by atoms with Gasteiger partial charge in [-0.2, -0.15) is 0 Å². The summed E-state index contributed by atoms with van der Waals surface area (Å²) < 4.78 is 5.15. The lowest BCUT2D eigenvalue weighted by molar-refractivity contribution is -0.126. The minimum Gasteiger partial charge on any atom is -0.380 e. The maximum atomic E-state index is 11.3. The molecule has 0 radical (unpaired) electrons. The number of rotatable bonds is 5. The van der Waals surface area contributed by atoms with Gasteiger partial charge in [-0.25, -0.2) is 0 Å². The van der Waals surface area contributed by atoms with Gasteiger partial charge in [0.1, 0.15) is 0 Å². The Balaban J connectivity index is 3.79. The number of amides is 1. The zero-order valence-electron chi connectivity index (χ0n) is 8.89. The number of nitrogens with two attached hydrogens (primary N) is 1. The quantitative estimate of drug-likeness (QED) is 0.650. The van der Waals surface area contributed by atoms with Crippen LogP contribution < -0.4 is 11.1 Å². The first-order valence-corrected chi connectivity index (χ1v) is 4.55. The summed E-state index contributed by atoms with van der Waals surface area (Å²) >= 11 is 0. The van der Waals surface area contributed by atoms with Crippen molar-refractivity contribution in [2.45, 2.75) is 39.3 Å². The molecular weight excluding hydrogens is 168 g/mol. The summed E-state index contributed by atoms with van der Waals surface area (Å²) in [6.07, 6.45) is 0. The van der Waals surface area contributed by atoms with Crippen molar-refractivity contribution in [1.29, 1.82) is 0 Å². The van der Waals surface area contributed by atoms with Crippen molar-refractivity contribution < 1.29 is 9.53 Å². The molecule has 4 nitrogen and oxygen atoms in total. The molecule has 0 rings (SSSR count). The van der Waals surface area contributed by atoms with Gasteiger partial charge in [-0.1, -0.05) is 0 Å². The van der Waals surface area contributed by atoms with Crippen molar-refractivity contribution in [3.63, 3.8) is 0 Å². The van der Waals surface area contributed by atoms with Gasteiger partial charge in [-0.05, 0) is 27.7 Å². The highest BCUT2D eigenvalue weighted by Crippen LogP contribution is 1.97. The second-order valence-corrected chi connectivity index (χ2v) is 3.76. The molecule has 0 bridgehead atoms. The Bertz CT molecular complexity index is 163. The van der Waals surface area contributed by atoms with Crippen LogP contribution in [0.1, 0.15) is 27.7 Å². The monoisotopic (exact) mass is 188 g/mol. The number of carbonyl (C=O) groups is 1. The summed E-state index contributed by atoms with van der Waals surface area (Å²) in [4.78, 5) is 11.3. The van der Waals surface area contributed by atoms with Crippen molar-refractivity contribution in [3.05, 3.63) is 0 Å². The number of hydrogen-bond acceptors (Lipinski definition) is 3. The van der Waals surface area contributed by atoms with Crippen LogP contribution in [-0.4, -0.2) is 30.7 Å². The molecule has 0 aromatic rings. The molecule has 1 unspecified atom stereocenters. The molecule has 0 saturated carbocycles. The van der Waals surface area contributed by atoms with E-state index in [1.807, 2.05) is 13.8 Å². The molecule has 1 amide bonds. The first-order chi connectivity index (χ1) is 5.88. The molecule has 0 aliphatic rings. The van der Waals surface area contributed by atoms with Crippen LogP contribution in [0.5, 0.6) is 0 Å². The van der Waals surface area contributed by atoms with Crippen molar-refractivity contribution in [1.82, 2.24) is 5.32 Å². The second-order valence-electron chi connectivity index (χ2n) is 3.76. The molecule has 0 aromatic heterocycles. The minimum absolute atomic E-state index is 0.00951. The van der Waals surface area contributed by atoms with Gasteiger partial charge in [-0.15, -0.1) is 0 Å². The topological polar surface area (TPSA) is 64.3 Å². The number of hydrogen-bond donors (Lipinski definition) is 2. The normalized spacial score (nSPS) is 13.9. The Morgan fingerprint density at radius 1 is 1.62 bits per heavy atom. The summed E-state index contributed by atoms with van der Waals surface area (Å²) in [6.45, 7) is 8.34. The molecule has 0 aliphatic carbocycles. The summed E-state index contributed by atoms with van der Waals surface area (Å²) in [5, 5.41) is 2.77. The molecule has 4 heteroatoms. The van der Waals surface area contributed by atoms with E-state index in [2.05, 4.69) is 5.32 Å². The lowest BCUT2D eigenvalue weighted by atomic mass is 10.1. The third kappa shape index (κ3) is 5.60. The van der Waals surface area contributed by atoms with Gasteiger partial charge in [0.2, 0.25) is 5.91 Å². The van der Waals surface area contributed by atoms with E-state index in [-0.39, 0.29) is 11.9 Å². The van der Waals surface area contributed by atoms with E-state index < -0.39 is 5.54 Å². The minimum atomic E-state index is -0.819. The van der Waals surface area contributed by atoms with E-state index in [1.165, 1.54) is 0 Å². The molecule has 13 heavy (non-hydrogen) atoms. The lowest BCUT2D eigenvalue weighted by Crippen LogP contribution is -2.52. The molecule has 0 fully saturated rings. The molecule has 0 aliphatic heterocycles. The van der Waals surface area contributed by atoms with Crippen LogP contribution in [-0.2, 0) is 9.53 Å². The van der Waals surface area contributed by atoms with Gasteiger partial charge in [-0.3, -0.25) is 4.79 Å². The Hall–Kier alpha value is -0.610. The van der Waals surface area contributed by atoms with Gasteiger partial charge in [0.15, 0.2) is 0 Å². The first-order valence-electron chi connectivity index (χ1n) is 4.55. The third-order valence-electron chi connectivity index (χ3n) is 1.53. The molecule has 0 saturated heterocycles. The zero-order chi connectivity index (χ0) is 10.5.